The van der Waals surface area contributed by atoms with Crippen molar-refractivity contribution >= 4 is 29.9 Å². The van der Waals surface area contributed by atoms with Gasteiger partial charge in [0.2, 0.25) is 0 Å². The van der Waals surface area contributed by atoms with Crippen molar-refractivity contribution in [2.24, 2.45) is 4.99 Å². The van der Waals surface area contributed by atoms with Crippen LogP contribution in [-0.4, -0.2) is 52.3 Å². The van der Waals surface area contributed by atoms with Crippen molar-refractivity contribution in [2.75, 3.05) is 26.8 Å². The van der Waals surface area contributed by atoms with E-state index >= 15 is 0 Å². The average molecular weight is 517 g/mol. The number of hydrogen-bond acceptors (Lipinski definition) is 4. The van der Waals surface area contributed by atoms with E-state index in [-0.39, 0.29) is 24.0 Å². The molecule has 0 atom stereocenters. The standard InChI is InChI=1S/C20H35N7O.HI/c1-7-21-20(22-9-8-10-26-16(3)13-15(2)24-26)23-14-19-17(4)25-27(18(19)5)11-12-28-6;/h13H,7-12,14H2,1-6H3,(H2,21,22,23);1H. The van der Waals surface area contributed by atoms with Gasteiger partial charge in [-0.3, -0.25) is 9.36 Å². The summed E-state index contributed by atoms with van der Waals surface area (Å²) >= 11 is 0. The van der Waals surface area contributed by atoms with E-state index in [0.717, 1.165) is 55.6 Å². The molecule has 0 radical (unpaired) electrons. The number of hydrogen-bond donors (Lipinski definition) is 2. The molecule has 0 saturated heterocycles. The fourth-order valence-corrected chi connectivity index (χ4v) is 3.20. The highest BCUT2D eigenvalue weighted by atomic mass is 127. The Balaban J connectivity index is 0.00000420. The summed E-state index contributed by atoms with van der Waals surface area (Å²) in [6, 6.07) is 2.11. The Kier molecular flexibility index (Phi) is 11.3. The van der Waals surface area contributed by atoms with E-state index in [1.165, 1.54) is 11.3 Å². The summed E-state index contributed by atoms with van der Waals surface area (Å²) in [4.78, 5) is 4.75. The summed E-state index contributed by atoms with van der Waals surface area (Å²) < 4.78 is 9.22. The van der Waals surface area contributed by atoms with Crippen LogP contribution < -0.4 is 10.6 Å². The molecule has 164 valence electrons. The zero-order valence-electron chi connectivity index (χ0n) is 18.6. The van der Waals surface area contributed by atoms with Crippen molar-refractivity contribution in [3.63, 3.8) is 0 Å². The van der Waals surface area contributed by atoms with Crippen molar-refractivity contribution in [1.82, 2.24) is 30.2 Å². The number of nitrogens with zero attached hydrogens (tertiary/aromatic N) is 5. The second kappa shape index (κ2) is 12.8. The van der Waals surface area contributed by atoms with Gasteiger partial charge in [-0.1, -0.05) is 0 Å². The number of guanidine groups is 1. The largest absolute Gasteiger partial charge is 0.383 e. The molecule has 0 spiro atoms. The van der Waals surface area contributed by atoms with Gasteiger partial charge in [-0.2, -0.15) is 10.2 Å². The highest BCUT2D eigenvalue weighted by Crippen LogP contribution is 2.14. The fourth-order valence-electron chi connectivity index (χ4n) is 3.20. The predicted molar refractivity (Wildman–Crippen MR) is 128 cm³/mol. The van der Waals surface area contributed by atoms with E-state index in [9.17, 15) is 0 Å². The molecule has 2 rings (SSSR count). The molecule has 2 heterocycles. The molecule has 0 aliphatic carbocycles. The summed E-state index contributed by atoms with van der Waals surface area (Å²) in [5.41, 5.74) is 5.62. The van der Waals surface area contributed by atoms with Crippen molar-refractivity contribution in [3.05, 3.63) is 34.4 Å². The third-order valence-corrected chi connectivity index (χ3v) is 4.72. The lowest BCUT2D eigenvalue weighted by molar-refractivity contribution is 0.182. The quantitative estimate of drug-likeness (QED) is 0.219. The molecule has 2 aromatic heterocycles. The van der Waals surface area contributed by atoms with Crippen LogP contribution in [0.5, 0.6) is 0 Å². The minimum Gasteiger partial charge on any atom is -0.383 e. The van der Waals surface area contributed by atoms with Gasteiger partial charge in [-0.05, 0) is 47.1 Å². The van der Waals surface area contributed by atoms with E-state index in [0.29, 0.717) is 13.2 Å². The van der Waals surface area contributed by atoms with Gasteiger partial charge < -0.3 is 15.4 Å². The highest BCUT2D eigenvalue weighted by Gasteiger charge is 2.11. The molecule has 0 aliphatic rings. The third kappa shape index (κ3) is 7.61. The van der Waals surface area contributed by atoms with Crippen LogP contribution >= 0.6 is 24.0 Å². The van der Waals surface area contributed by atoms with Gasteiger partial charge in [0.15, 0.2) is 5.96 Å². The Morgan fingerprint density at radius 3 is 2.48 bits per heavy atom. The smallest absolute Gasteiger partial charge is 0.191 e. The van der Waals surface area contributed by atoms with E-state index in [2.05, 4.69) is 52.4 Å². The first-order valence-electron chi connectivity index (χ1n) is 10.0. The third-order valence-electron chi connectivity index (χ3n) is 4.72. The number of aliphatic imine (C=N–C) groups is 1. The van der Waals surface area contributed by atoms with Gasteiger partial charge in [0.25, 0.3) is 0 Å². The summed E-state index contributed by atoms with van der Waals surface area (Å²) in [5, 5.41) is 15.8. The number of ether oxygens (including phenoxy) is 1. The molecule has 0 aromatic carbocycles. The number of rotatable bonds is 10. The minimum atomic E-state index is 0. The van der Waals surface area contributed by atoms with E-state index < -0.39 is 0 Å². The molecule has 0 unspecified atom stereocenters. The van der Waals surface area contributed by atoms with Crippen LogP contribution in [0.3, 0.4) is 0 Å². The Morgan fingerprint density at radius 2 is 1.86 bits per heavy atom. The first-order chi connectivity index (χ1) is 13.5. The molecule has 2 N–H and O–H groups in total. The molecule has 0 amide bonds. The number of aryl methyl sites for hydroxylation is 4. The molecule has 8 nitrogen and oxygen atoms in total. The zero-order valence-corrected chi connectivity index (χ0v) is 20.9. The zero-order chi connectivity index (χ0) is 20.5. The first-order valence-corrected chi connectivity index (χ1v) is 10.0. The van der Waals surface area contributed by atoms with Crippen LogP contribution in [0, 0.1) is 27.7 Å². The van der Waals surface area contributed by atoms with Crippen LogP contribution in [-0.2, 0) is 24.4 Å². The number of methoxy groups -OCH3 is 1. The topological polar surface area (TPSA) is 81.3 Å². The Bertz CT molecular complexity index is 782. The van der Waals surface area contributed by atoms with Gasteiger partial charge in [-0.15, -0.1) is 24.0 Å². The summed E-state index contributed by atoms with van der Waals surface area (Å²) in [5.74, 6) is 0.833. The fraction of sp³-hybridized carbons (Fsp3) is 0.650. The first kappa shape index (κ1) is 25.4. The Labute approximate surface area is 191 Å². The second-order valence-corrected chi connectivity index (χ2v) is 6.99. The van der Waals surface area contributed by atoms with Gasteiger partial charge in [-0.25, -0.2) is 4.99 Å². The summed E-state index contributed by atoms with van der Waals surface area (Å²) in [7, 11) is 1.71. The summed E-state index contributed by atoms with van der Waals surface area (Å²) in [6.07, 6.45) is 0.985. The molecule has 29 heavy (non-hydrogen) atoms. The molecule has 2 aromatic rings. The van der Waals surface area contributed by atoms with Crippen LogP contribution in [0.1, 0.15) is 41.7 Å². The van der Waals surface area contributed by atoms with Crippen molar-refractivity contribution in [1.29, 1.82) is 0 Å². The lowest BCUT2D eigenvalue weighted by atomic mass is 10.2. The molecule has 9 heteroatoms. The van der Waals surface area contributed by atoms with Crippen molar-refractivity contribution < 1.29 is 4.74 Å². The molecule has 0 fully saturated rings. The predicted octanol–water partition coefficient (Wildman–Crippen LogP) is 2.72. The maximum atomic E-state index is 5.16. The maximum absolute atomic E-state index is 5.16. The maximum Gasteiger partial charge on any atom is 0.191 e. The minimum absolute atomic E-state index is 0. The van der Waals surface area contributed by atoms with E-state index in [1.54, 1.807) is 7.11 Å². The number of halogens is 1. The Hall–Kier alpha value is -1.62. The number of aromatic nitrogens is 4. The Morgan fingerprint density at radius 1 is 1.10 bits per heavy atom. The second-order valence-electron chi connectivity index (χ2n) is 6.99. The van der Waals surface area contributed by atoms with Gasteiger partial charge >= 0.3 is 0 Å². The lowest BCUT2D eigenvalue weighted by Crippen LogP contribution is -2.38. The summed E-state index contributed by atoms with van der Waals surface area (Å²) in [6.45, 7) is 14.9. The van der Waals surface area contributed by atoms with E-state index in [1.807, 2.05) is 18.5 Å². The van der Waals surface area contributed by atoms with Crippen molar-refractivity contribution in [2.45, 2.75) is 60.7 Å². The lowest BCUT2D eigenvalue weighted by Gasteiger charge is -2.12. The van der Waals surface area contributed by atoms with Crippen LogP contribution in [0.25, 0.3) is 0 Å². The van der Waals surface area contributed by atoms with Gasteiger partial charge in [0, 0.05) is 43.7 Å². The van der Waals surface area contributed by atoms with Crippen LogP contribution in [0.15, 0.2) is 11.1 Å². The van der Waals surface area contributed by atoms with Crippen LogP contribution in [0.4, 0.5) is 0 Å². The molecule has 0 aliphatic heterocycles. The normalized spacial score (nSPS) is 11.4. The molecular weight excluding hydrogens is 481 g/mol. The number of nitrogens with one attached hydrogen (secondary N) is 2. The highest BCUT2D eigenvalue weighted by molar-refractivity contribution is 14.0. The van der Waals surface area contributed by atoms with E-state index in [4.69, 9.17) is 9.73 Å². The monoisotopic (exact) mass is 517 g/mol. The molecular formula is C20H36IN7O. The van der Waals surface area contributed by atoms with Crippen molar-refractivity contribution in [3.8, 4) is 0 Å². The molecule has 0 saturated carbocycles. The molecule has 0 bridgehead atoms. The van der Waals surface area contributed by atoms with Gasteiger partial charge in [0.1, 0.15) is 0 Å². The SMILES string of the molecule is CCNC(=NCc1c(C)nn(CCOC)c1C)NCCCn1nc(C)cc1C.I. The van der Waals surface area contributed by atoms with Gasteiger partial charge in [0.05, 0.1) is 31.1 Å². The van der Waals surface area contributed by atoms with Crippen LogP contribution in [0.2, 0.25) is 0 Å². The average Bonchev–Trinajstić information content (AvgIpc) is 3.12.